The minimum Gasteiger partial charge on any atom is -0.327 e. The number of benzene rings is 1. The van der Waals surface area contributed by atoms with Crippen molar-refractivity contribution in [2.75, 3.05) is 6.54 Å². The van der Waals surface area contributed by atoms with Crippen molar-refractivity contribution >= 4 is 17.2 Å². The fourth-order valence-corrected chi connectivity index (χ4v) is 3.63. The Balaban J connectivity index is 1.81. The van der Waals surface area contributed by atoms with E-state index in [4.69, 9.17) is 0 Å². The topological polar surface area (TPSA) is 20.3 Å². The summed E-state index contributed by atoms with van der Waals surface area (Å²) < 4.78 is 39.4. The molecule has 3 rings (SSSR count). The van der Waals surface area contributed by atoms with Crippen molar-refractivity contribution in [3.63, 3.8) is 0 Å². The van der Waals surface area contributed by atoms with E-state index in [9.17, 15) is 18.0 Å². The number of carbonyl (C=O) groups excluding carboxylic acids is 1. The number of hydrogen-bond donors (Lipinski definition) is 0. The van der Waals surface area contributed by atoms with Crippen LogP contribution in [0, 0.1) is 0 Å². The van der Waals surface area contributed by atoms with Crippen molar-refractivity contribution in [2.45, 2.75) is 31.5 Å². The van der Waals surface area contributed by atoms with Crippen LogP contribution in [0.3, 0.4) is 0 Å². The summed E-state index contributed by atoms with van der Waals surface area (Å²) in [5.74, 6) is -0.537. The van der Waals surface area contributed by atoms with Gasteiger partial charge in [0, 0.05) is 17.0 Å². The third-order valence-corrected chi connectivity index (χ3v) is 5.00. The third-order valence-electron chi connectivity index (χ3n) is 4.08. The lowest BCUT2D eigenvalue weighted by molar-refractivity contribution is -0.183. The molecule has 1 atom stereocenters. The highest BCUT2D eigenvalue weighted by molar-refractivity contribution is 7.13. The molecule has 0 radical (unpaired) electrons. The van der Waals surface area contributed by atoms with E-state index in [1.54, 1.807) is 35.6 Å². The Kier molecular flexibility index (Phi) is 4.43. The molecule has 1 aromatic heterocycles. The molecule has 0 spiro atoms. The molecular formula is C17H16F3NOS. The van der Waals surface area contributed by atoms with Crippen LogP contribution in [0.1, 0.15) is 29.6 Å². The highest BCUT2D eigenvalue weighted by atomic mass is 32.1. The van der Waals surface area contributed by atoms with Crippen LogP contribution >= 0.6 is 11.3 Å². The Bertz CT molecular complexity index is 664. The smallest absolute Gasteiger partial charge is 0.327 e. The quantitative estimate of drug-likeness (QED) is 0.756. The highest BCUT2D eigenvalue weighted by Crippen LogP contribution is 2.33. The standard InChI is InChI=1S/C17H16F3NOS/c18-17(19,20)15-5-1-2-10-21(15)16(22)13-8-6-12(7-9-13)14-4-3-11-23-14/h3-4,6-9,11,15H,1-2,5,10H2. The van der Waals surface area contributed by atoms with Crippen LogP contribution in [0.2, 0.25) is 0 Å². The van der Waals surface area contributed by atoms with E-state index in [0.717, 1.165) is 15.3 Å². The molecule has 0 aliphatic carbocycles. The van der Waals surface area contributed by atoms with Crippen LogP contribution in [0.4, 0.5) is 13.2 Å². The van der Waals surface area contributed by atoms with Crippen molar-refractivity contribution in [1.82, 2.24) is 4.90 Å². The molecule has 1 amide bonds. The van der Waals surface area contributed by atoms with Gasteiger partial charge >= 0.3 is 6.18 Å². The number of halogens is 3. The summed E-state index contributed by atoms with van der Waals surface area (Å²) in [6.07, 6.45) is -3.26. The van der Waals surface area contributed by atoms with Gasteiger partial charge in [-0.05, 0) is 48.4 Å². The number of hydrogen-bond acceptors (Lipinski definition) is 2. The van der Waals surface area contributed by atoms with Gasteiger partial charge in [0.15, 0.2) is 0 Å². The largest absolute Gasteiger partial charge is 0.408 e. The Labute approximate surface area is 136 Å². The molecule has 0 N–H and O–H groups in total. The molecule has 1 saturated heterocycles. The fourth-order valence-electron chi connectivity index (χ4n) is 2.90. The summed E-state index contributed by atoms with van der Waals surface area (Å²) in [6.45, 7) is 0.162. The first kappa shape index (κ1) is 16.1. The van der Waals surface area contributed by atoms with Crippen molar-refractivity contribution < 1.29 is 18.0 Å². The van der Waals surface area contributed by atoms with Gasteiger partial charge in [-0.3, -0.25) is 4.79 Å². The number of thiophene rings is 1. The molecule has 1 fully saturated rings. The second kappa shape index (κ2) is 6.35. The second-order valence-corrected chi connectivity index (χ2v) is 6.55. The number of piperidine rings is 1. The summed E-state index contributed by atoms with van der Waals surface area (Å²) >= 11 is 1.58. The molecule has 2 nitrogen and oxygen atoms in total. The van der Waals surface area contributed by atoms with Gasteiger partial charge in [-0.25, -0.2) is 0 Å². The number of alkyl halides is 3. The lowest BCUT2D eigenvalue weighted by Gasteiger charge is -2.36. The van der Waals surface area contributed by atoms with Crippen molar-refractivity contribution in [3.8, 4) is 10.4 Å². The van der Waals surface area contributed by atoms with Crippen LogP contribution in [-0.2, 0) is 0 Å². The average molecular weight is 339 g/mol. The number of carbonyl (C=O) groups is 1. The summed E-state index contributed by atoms with van der Waals surface area (Å²) in [5, 5.41) is 1.95. The third kappa shape index (κ3) is 3.42. The van der Waals surface area contributed by atoms with Crippen LogP contribution in [0.25, 0.3) is 10.4 Å². The molecule has 2 aromatic rings. The lowest BCUT2D eigenvalue weighted by Crippen LogP contribution is -2.51. The first-order valence-electron chi connectivity index (χ1n) is 7.48. The van der Waals surface area contributed by atoms with Crippen molar-refractivity contribution in [1.29, 1.82) is 0 Å². The zero-order valence-electron chi connectivity index (χ0n) is 12.3. The molecule has 6 heteroatoms. The molecule has 0 saturated carbocycles. The van der Waals surface area contributed by atoms with Gasteiger partial charge < -0.3 is 4.90 Å². The van der Waals surface area contributed by atoms with Gasteiger partial charge in [0.1, 0.15) is 6.04 Å². The minimum absolute atomic E-state index is 0.0114. The van der Waals surface area contributed by atoms with Crippen LogP contribution in [0.5, 0.6) is 0 Å². The predicted octanol–water partition coefficient (Wildman–Crippen LogP) is 4.97. The van der Waals surface area contributed by atoms with Crippen molar-refractivity contribution in [2.24, 2.45) is 0 Å². The number of amides is 1. The average Bonchev–Trinajstić information content (AvgIpc) is 3.08. The zero-order valence-corrected chi connectivity index (χ0v) is 13.2. The van der Waals surface area contributed by atoms with Gasteiger partial charge in [0.2, 0.25) is 0 Å². The van der Waals surface area contributed by atoms with E-state index in [2.05, 4.69) is 0 Å². The van der Waals surface area contributed by atoms with Gasteiger partial charge in [0.25, 0.3) is 5.91 Å². The summed E-state index contributed by atoms with van der Waals surface area (Å²) in [6, 6.07) is 9.02. The Morgan fingerprint density at radius 1 is 1.13 bits per heavy atom. The normalized spacial score (nSPS) is 18.9. The fraction of sp³-hybridized carbons (Fsp3) is 0.353. The van der Waals surface area contributed by atoms with E-state index < -0.39 is 18.1 Å². The molecule has 122 valence electrons. The van der Waals surface area contributed by atoms with E-state index in [1.165, 1.54) is 0 Å². The molecule has 1 unspecified atom stereocenters. The Hall–Kier alpha value is -1.82. The molecule has 23 heavy (non-hydrogen) atoms. The van der Waals surface area contributed by atoms with Gasteiger partial charge in [0.05, 0.1) is 0 Å². The Morgan fingerprint density at radius 3 is 2.48 bits per heavy atom. The molecule has 1 aromatic carbocycles. The maximum Gasteiger partial charge on any atom is 0.408 e. The molecule has 0 bridgehead atoms. The molecule has 1 aliphatic rings. The van der Waals surface area contributed by atoms with Crippen LogP contribution in [0.15, 0.2) is 41.8 Å². The maximum absolute atomic E-state index is 13.1. The van der Waals surface area contributed by atoms with Crippen LogP contribution in [-0.4, -0.2) is 29.6 Å². The number of likely N-dealkylation sites (tertiary alicyclic amines) is 1. The predicted molar refractivity (Wildman–Crippen MR) is 84.5 cm³/mol. The van der Waals surface area contributed by atoms with E-state index >= 15 is 0 Å². The maximum atomic E-state index is 13.1. The lowest BCUT2D eigenvalue weighted by atomic mass is 10.00. The van der Waals surface area contributed by atoms with E-state index in [0.29, 0.717) is 18.4 Å². The minimum atomic E-state index is -4.37. The van der Waals surface area contributed by atoms with Crippen LogP contribution < -0.4 is 0 Å². The Morgan fingerprint density at radius 2 is 1.87 bits per heavy atom. The summed E-state index contributed by atoms with van der Waals surface area (Å²) in [4.78, 5) is 14.5. The van der Waals surface area contributed by atoms with Gasteiger partial charge in [-0.15, -0.1) is 11.3 Å². The summed E-state index contributed by atoms with van der Waals surface area (Å²) in [5.41, 5.74) is 1.27. The number of nitrogens with zero attached hydrogens (tertiary/aromatic N) is 1. The van der Waals surface area contributed by atoms with E-state index in [-0.39, 0.29) is 13.0 Å². The monoisotopic (exact) mass is 339 g/mol. The van der Waals surface area contributed by atoms with Gasteiger partial charge in [-0.2, -0.15) is 13.2 Å². The molecular weight excluding hydrogens is 323 g/mol. The molecule has 2 heterocycles. The second-order valence-electron chi connectivity index (χ2n) is 5.61. The van der Waals surface area contributed by atoms with E-state index in [1.807, 2.05) is 17.5 Å². The number of rotatable bonds is 2. The van der Waals surface area contributed by atoms with Crippen molar-refractivity contribution in [3.05, 3.63) is 47.3 Å². The summed E-state index contributed by atoms with van der Waals surface area (Å²) in [7, 11) is 0. The SMILES string of the molecule is O=C(c1ccc(-c2cccs2)cc1)N1CCCCC1C(F)(F)F. The zero-order chi connectivity index (χ0) is 16.4. The molecule has 1 aliphatic heterocycles. The first-order chi connectivity index (χ1) is 11.0. The first-order valence-corrected chi connectivity index (χ1v) is 8.36. The van der Waals surface area contributed by atoms with Gasteiger partial charge in [-0.1, -0.05) is 18.2 Å². The highest BCUT2D eigenvalue weighted by Gasteiger charge is 2.46.